The first-order valence-electron chi connectivity index (χ1n) is 8.36. The monoisotopic (exact) mass is 519 g/mol. The quantitative estimate of drug-likeness (QED) is 0.357. The fourth-order valence-corrected chi connectivity index (χ4v) is 3.89. The Bertz CT molecular complexity index is 657. The summed E-state index contributed by atoms with van der Waals surface area (Å²) in [5, 5.41) is 7.41. The average Bonchev–Trinajstić information content (AvgIpc) is 3.24. The first-order valence-corrected chi connectivity index (χ1v) is 9.24. The molecular weight excluding hydrogens is 494 g/mol. The number of nitrogens with one attached hydrogen (secondary N) is 2. The number of halogens is 4. The van der Waals surface area contributed by atoms with Crippen molar-refractivity contribution in [3.05, 3.63) is 16.1 Å². The van der Waals surface area contributed by atoms with E-state index in [1.165, 1.54) is 0 Å². The van der Waals surface area contributed by atoms with Crippen LogP contribution in [0.1, 0.15) is 36.4 Å². The van der Waals surface area contributed by atoms with Gasteiger partial charge in [0.25, 0.3) is 0 Å². The number of aliphatic imine (C=N–C) groups is 1. The maximum Gasteiger partial charge on any atom is 0.434 e. The lowest BCUT2D eigenvalue weighted by atomic mass is 9.84. The maximum atomic E-state index is 12.6. The third kappa shape index (κ3) is 6.19. The minimum atomic E-state index is -4.43. The predicted octanol–water partition coefficient (Wildman–Crippen LogP) is 3.09. The lowest BCUT2D eigenvalue weighted by Crippen LogP contribution is -2.49. The van der Waals surface area contributed by atoms with E-state index in [9.17, 15) is 18.0 Å². The molecule has 1 aliphatic carbocycles. The van der Waals surface area contributed by atoms with E-state index >= 15 is 0 Å². The molecule has 27 heavy (non-hydrogen) atoms. The Kier molecular flexibility index (Phi) is 8.77. The fraction of sp³-hybridized carbons (Fsp3) is 0.688. The third-order valence-electron chi connectivity index (χ3n) is 4.49. The van der Waals surface area contributed by atoms with E-state index < -0.39 is 17.3 Å². The Morgan fingerprint density at radius 2 is 1.96 bits per heavy atom. The zero-order chi connectivity index (χ0) is 19.4. The average molecular weight is 519 g/mol. The molecule has 0 unspecified atom stereocenters. The number of alkyl halides is 3. The minimum Gasteiger partial charge on any atom is -0.355 e. The Balaban J connectivity index is 0.00000364. The summed E-state index contributed by atoms with van der Waals surface area (Å²) in [5.74, 6) is 0.527. The molecule has 1 aromatic heterocycles. The van der Waals surface area contributed by atoms with Crippen molar-refractivity contribution in [2.24, 2.45) is 10.4 Å². The van der Waals surface area contributed by atoms with E-state index in [1.807, 2.05) is 0 Å². The third-order valence-corrected chi connectivity index (χ3v) is 5.34. The van der Waals surface area contributed by atoms with Crippen LogP contribution in [0.2, 0.25) is 0 Å². The van der Waals surface area contributed by atoms with Gasteiger partial charge >= 0.3 is 6.18 Å². The molecule has 0 bridgehead atoms. The summed E-state index contributed by atoms with van der Waals surface area (Å²) in [6.45, 7) is 0.574. The lowest BCUT2D eigenvalue weighted by molar-refractivity contribution is -0.141. The van der Waals surface area contributed by atoms with Crippen LogP contribution in [0.15, 0.2) is 10.4 Å². The summed E-state index contributed by atoms with van der Waals surface area (Å²) in [4.78, 5) is 21.8. The van der Waals surface area contributed by atoms with E-state index in [4.69, 9.17) is 0 Å². The van der Waals surface area contributed by atoms with Crippen LogP contribution in [0.25, 0.3) is 0 Å². The van der Waals surface area contributed by atoms with Crippen molar-refractivity contribution in [3.8, 4) is 0 Å². The number of hydrogen-bond acceptors (Lipinski definition) is 4. The Morgan fingerprint density at radius 1 is 1.33 bits per heavy atom. The second-order valence-electron chi connectivity index (χ2n) is 6.59. The van der Waals surface area contributed by atoms with Crippen LogP contribution in [0.4, 0.5) is 13.2 Å². The van der Waals surface area contributed by atoms with Crippen LogP contribution >= 0.6 is 35.3 Å². The highest BCUT2D eigenvalue weighted by Crippen LogP contribution is 2.38. The molecule has 1 amide bonds. The van der Waals surface area contributed by atoms with Crippen LogP contribution in [-0.4, -0.2) is 49.4 Å². The van der Waals surface area contributed by atoms with Crippen molar-refractivity contribution in [2.75, 3.05) is 27.7 Å². The summed E-state index contributed by atoms with van der Waals surface area (Å²) >= 11 is 0.943. The Labute approximate surface area is 178 Å². The molecule has 0 spiro atoms. The van der Waals surface area contributed by atoms with Gasteiger partial charge in [0.15, 0.2) is 11.7 Å². The second kappa shape index (κ2) is 9.89. The molecule has 1 heterocycles. The maximum absolute atomic E-state index is 12.6. The van der Waals surface area contributed by atoms with Crippen LogP contribution in [-0.2, 0) is 17.5 Å². The van der Waals surface area contributed by atoms with Crippen molar-refractivity contribution in [1.29, 1.82) is 0 Å². The molecule has 2 rings (SSSR count). The normalized spacial score (nSPS) is 16.6. The van der Waals surface area contributed by atoms with Crippen LogP contribution in [0.3, 0.4) is 0 Å². The molecule has 0 radical (unpaired) electrons. The van der Waals surface area contributed by atoms with E-state index in [0.29, 0.717) is 17.5 Å². The molecule has 11 heteroatoms. The van der Waals surface area contributed by atoms with Gasteiger partial charge in [-0.1, -0.05) is 12.8 Å². The number of guanidine groups is 1. The largest absolute Gasteiger partial charge is 0.434 e. The van der Waals surface area contributed by atoms with Gasteiger partial charge < -0.3 is 15.5 Å². The smallest absolute Gasteiger partial charge is 0.355 e. The number of rotatable bonds is 5. The van der Waals surface area contributed by atoms with Crippen molar-refractivity contribution in [2.45, 2.75) is 38.4 Å². The van der Waals surface area contributed by atoms with Gasteiger partial charge in [-0.05, 0) is 12.8 Å². The number of carbonyl (C=O) groups is 1. The molecule has 0 aliphatic heterocycles. The van der Waals surface area contributed by atoms with E-state index in [-0.39, 0.29) is 36.4 Å². The van der Waals surface area contributed by atoms with Crippen LogP contribution in [0.5, 0.6) is 0 Å². The second-order valence-corrected chi connectivity index (χ2v) is 7.53. The topological polar surface area (TPSA) is 69.6 Å². The van der Waals surface area contributed by atoms with Crippen LogP contribution < -0.4 is 10.6 Å². The van der Waals surface area contributed by atoms with E-state index in [0.717, 1.165) is 42.4 Å². The Hall–Kier alpha value is -1.11. The Morgan fingerprint density at radius 3 is 2.44 bits per heavy atom. The molecule has 1 aromatic rings. The summed E-state index contributed by atoms with van der Waals surface area (Å²) in [6.07, 6.45) is -0.791. The number of hydrogen-bond donors (Lipinski definition) is 2. The molecule has 1 fully saturated rings. The molecule has 1 aliphatic rings. The molecule has 1 saturated carbocycles. The molecular formula is C16H25F3IN5OS. The van der Waals surface area contributed by atoms with E-state index in [2.05, 4.69) is 20.6 Å². The predicted molar refractivity (Wildman–Crippen MR) is 110 cm³/mol. The van der Waals surface area contributed by atoms with Crippen molar-refractivity contribution < 1.29 is 18.0 Å². The standard InChI is InChI=1S/C16H24F3N5OS.HI/c1-20-14(21-8-12-23-11(9-26-12)16(17,18)19)22-10-15(6-4-5-7-15)13(25)24(2)3;/h9H,4-8,10H2,1-3H3,(H2,20,21,22);1H. The van der Waals surface area contributed by atoms with Crippen molar-refractivity contribution >= 4 is 47.2 Å². The van der Waals surface area contributed by atoms with Gasteiger partial charge in [0.1, 0.15) is 5.01 Å². The summed E-state index contributed by atoms with van der Waals surface area (Å²) in [5.41, 5.74) is -1.34. The van der Waals surface area contributed by atoms with E-state index in [1.54, 1.807) is 26.0 Å². The van der Waals surface area contributed by atoms with Crippen molar-refractivity contribution in [3.63, 3.8) is 0 Å². The molecule has 154 valence electrons. The SMILES string of the molecule is CN=C(NCc1nc(C(F)(F)F)cs1)NCC1(C(=O)N(C)C)CCCC1.I. The zero-order valence-corrected chi connectivity index (χ0v) is 18.7. The molecule has 0 saturated heterocycles. The molecule has 6 nitrogen and oxygen atoms in total. The number of aromatic nitrogens is 1. The number of carbonyl (C=O) groups excluding carboxylic acids is 1. The first-order chi connectivity index (χ1) is 12.2. The molecule has 2 N–H and O–H groups in total. The first kappa shape index (κ1) is 23.9. The highest BCUT2D eigenvalue weighted by atomic mass is 127. The summed E-state index contributed by atoms with van der Waals surface area (Å²) < 4.78 is 37.8. The lowest BCUT2D eigenvalue weighted by Gasteiger charge is -2.31. The zero-order valence-electron chi connectivity index (χ0n) is 15.5. The van der Waals surface area contributed by atoms with Crippen LogP contribution in [0, 0.1) is 5.41 Å². The van der Waals surface area contributed by atoms with Gasteiger partial charge in [-0.15, -0.1) is 35.3 Å². The van der Waals surface area contributed by atoms with Gasteiger partial charge in [-0.3, -0.25) is 9.79 Å². The molecule has 0 atom stereocenters. The van der Waals surface area contributed by atoms with Gasteiger partial charge in [-0.2, -0.15) is 13.2 Å². The van der Waals surface area contributed by atoms with Gasteiger partial charge in [-0.25, -0.2) is 4.98 Å². The summed E-state index contributed by atoms with van der Waals surface area (Å²) in [6, 6.07) is 0. The minimum absolute atomic E-state index is 0. The number of nitrogens with zero attached hydrogens (tertiary/aromatic N) is 3. The molecule has 0 aromatic carbocycles. The fourth-order valence-electron chi connectivity index (χ4n) is 3.15. The van der Waals surface area contributed by atoms with Gasteiger partial charge in [0, 0.05) is 33.1 Å². The van der Waals surface area contributed by atoms with Gasteiger partial charge in [0.05, 0.1) is 12.0 Å². The van der Waals surface area contributed by atoms with Gasteiger partial charge in [0.2, 0.25) is 5.91 Å². The highest BCUT2D eigenvalue weighted by molar-refractivity contribution is 14.0. The summed E-state index contributed by atoms with van der Waals surface area (Å²) in [7, 11) is 5.07. The number of amides is 1. The highest BCUT2D eigenvalue weighted by Gasteiger charge is 2.42. The number of thiazole rings is 1. The van der Waals surface area contributed by atoms with Crippen molar-refractivity contribution in [1.82, 2.24) is 20.5 Å².